The molecule has 0 bridgehead atoms. The minimum atomic E-state index is -0.198. The molecule has 35 heavy (non-hydrogen) atoms. The quantitative estimate of drug-likeness (QED) is 0.394. The third kappa shape index (κ3) is 4.76. The van der Waals surface area contributed by atoms with Gasteiger partial charge in [0.25, 0.3) is 11.8 Å². The van der Waals surface area contributed by atoms with Crippen molar-refractivity contribution in [2.75, 3.05) is 16.8 Å². The SMILES string of the molecule is CC(C)NC(=O)c1cc(NC(=O)c2cccc3ccccc23)ccc1N1CCc2ccccc2C1. The lowest BCUT2D eigenvalue weighted by molar-refractivity contribution is 0.0942. The smallest absolute Gasteiger partial charge is 0.256 e. The summed E-state index contributed by atoms with van der Waals surface area (Å²) in [6, 6.07) is 27.6. The van der Waals surface area contributed by atoms with Crippen molar-refractivity contribution in [1.29, 1.82) is 0 Å². The maximum atomic E-state index is 13.2. The first-order chi connectivity index (χ1) is 17.0. The van der Waals surface area contributed by atoms with E-state index in [9.17, 15) is 9.59 Å². The maximum Gasteiger partial charge on any atom is 0.256 e. The maximum absolute atomic E-state index is 13.2. The molecule has 0 aliphatic carbocycles. The van der Waals surface area contributed by atoms with E-state index in [-0.39, 0.29) is 17.9 Å². The summed E-state index contributed by atoms with van der Waals surface area (Å²) in [7, 11) is 0. The van der Waals surface area contributed by atoms with Crippen molar-refractivity contribution in [3.63, 3.8) is 0 Å². The van der Waals surface area contributed by atoms with Crippen molar-refractivity contribution in [2.24, 2.45) is 0 Å². The molecule has 4 aromatic rings. The molecule has 4 aromatic carbocycles. The van der Waals surface area contributed by atoms with Crippen LogP contribution in [0.15, 0.2) is 84.9 Å². The Bertz CT molecular complexity index is 1400. The van der Waals surface area contributed by atoms with Gasteiger partial charge in [-0.3, -0.25) is 9.59 Å². The Morgan fingerprint density at radius 2 is 1.54 bits per heavy atom. The average molecular weight is 464 g/mol. The molecule has 0 unspecified atom stereocenters. The molecule has 5 rings (SSSR count). The van der Waals surface area contributed by atoms with Crippen LogP contribution >= 0.6 is 0 Å². The summed E-state index contributed by atoms with van der Waals surface area (Å²) in [5.74, 6) is -0.341. The first kappa shape index (κ1) is 22.7. The van der Waals surface area contributed by atoms with Gasteiger partial charge in [-0.15, -0.1) is 0 Å². The first-order valence-corrected chi connectivity index (χ1v) is 12.1. The molecule has 2 N–H and O–H groups in total. The highest BCUT2D eigenvalue weighted by molar-refractivity contribution is 6.13. The number of carbonyl (C=O) groups is 2. The molecule has 0 fully saturated rings. The lowest BCUT2D eigenvalue weighted by Gasteiger charge is -2.32. The number of hydrogen-bond acceptors (Lipinski definition) is 3. The Kier molecular flexibility index (Phi) is 6.23. The van der Waals surface area contributed by atoms with Crippen molar-refractivity contribution in [3.05, 3.63) is 107 Å². The Balaban J connectivity index is 1.46. The number of hydrogen-bond donors (Lipinski definition) is 2. The van der Waals surface area contributed by atoms with Gasteiger partial charge in [-0.1, -0.05) is 60.7 Å². The number of benzene rings is 4. The van der Waals surface area contributed by atoms with Gasteiger partial charge in [0, 0.05) is 36.1 Å². The van der Waals surface area contributed by atoms with Crippen LogP contribution in [0, 0.1) is 0 Å². The molecule has 0 aromatic heterocycles. The molecule has 5 heteroatoms. The molecule has 1 aliphatic rings. The largest absolute Gasteiger partial charge is 0.366 e. The zero-order valence-electron chi connectivity index (χ0n) is 20.0. The van der Waals surface area contributed by atoms with Crippen LogP contribution in [-0.4, -0.2) is 24.4 Å². The summed E-state index contributed by atoms with van der Waals surface area (Å²) in [6.07, 6.45) is 0.932. The minimum Gasteiger partial charge on any atom is -0.366 e. The fourth-order valence-electron chi connectivity index (χ4n) is 4.73. The molecule has 2 amide bonds. The van der Waals surface area contributed by atoms with Crippen LogP contribution in [-0.2, 0) is 13.0 Å². The molecule has 0 spiro atoms. The summed E-state index contributed by atoms with van der Waals surface area (Å²) in [5.41, 5.74) is 5.28. The second kappa shape index (κ2) is 9.63. The number of nitrogens with zero attached hydrogens (tertiary/aromatic N) is 1. The molecule has 0 saturated heterocycles. The number of amides is 2. The van der Waals surface area contributed by atoms with E-state index in [2.05, 4.69) is 39.8 Å². The molecule has 176 valence electrons. The number of carbonyl (C=O) groups excluding carboxylic acids is 2. The average Bonchev–Trinajstić information content (AvgIpc) is 2.87. The number of nitrogens with one attached hydrogen (secondary N) is 2. The normalized spacial score (nSPS) is 12.9. The van der Waals surface area contributed by atoms with Crippen LogP contribution in [0.5, 0.6) is 0 Å². The molecular formula is C30H29N3O2. The number of rotatable bonds is 5. The van der Waals surface area contributed by atoms with E-state index in [0.29, 0.717) is 16.8 Å². The van der Waals surface area contributed by atoms with Crippen LogP contribution in [0.1, 0.15) is 45.7 Å². The van der Waals surface area contributed by atoms with E-state index in [1.165, 1.54) is 11.1 Å². The van der Waals surface area contributed by atoms with Crippen LogP contribution in [0.4, 0.5) is 11.4 Å². The van der Waals surface area contributed by atoms with Crippen molar-refractivity contribution in [3.8, 4) is 0 Å². The monoisotopic (exact) mass is 463 g/mol. The Morgan fingerprint density at radius 1 is 0.800 bits per heavy atom. The number of anilines is 2. The highest BCUT2D eigenvalue weighted by Gasteiger charge is 2.22. The van der Waals surface area contributed by atoms with Gasteiger partial charge >= 0.3 is 0 Å². The highest BCUT2D eigenvalue weighted by Crippen LogP contribution is 2.30. The van der Waals surface area contributed by atoms with E-state index in [4.69, 9.17) is 0 Å². The molecule has 0 radical (unpaired) electrons. The summed E-state index contributed by atoms with van der Waals surface area (Å²) in [6.45, 7) is 5.47. The lowest BCUT2D eigenvalue weighted by atomic mass is 9.98. The van der Waals surface area contributed by atoms with Gasteiger partial charge in [0.1, 0.15) is 0 Å². The number of fused-ring (bicyclic) bond motifs is 2. The van der Waals surface area contributed by atoms with Crippen LogP contribution in [0.25, 0.3) is 10.8 Å². The third-order valence-corrected chi connectivity index (χ3v) is 6.42. The van der Waals surface area contributed by atoms with Crippen LogP contribution in [0.2, 0.25) is 0 Å². The Hall–Kier alpha value is -4.12. The predicted octanol–water partition coefficient (Wildman–Crippen LogP) is 5.79. The second-order valence-electron chi connectivity index (χ2n) is 9.28. The molecular weight excluding hydrogens is 434 g/mol. The zero-order chi connectivity index (χ0) is 24.4. The molecule has 1 heterocycles. The molecule has 0 atom stereocenters. The van der Waals surface area contributed by atoms with Gasteiger partial charge in [-0.25, -0.2) is 0 Å². The Morgan fingerprint density at radius 3 is 2.37 bits per heavy atom. The van der Waals surface area contributed by atoms with Gasteiger partial charge in [-0.05, 0) is 66.4 Å². The summed E-state index contributed by atoms with van der Waals surface area (Å²) >= 11 is 0. The molecule has 0 saturated carbocycles. The van der Waals surface area contributed by atoms with Gasteiger partial charge in [0.15, 0.2) is 0 Å². The van der Waals surface area contributed by atoms with Crippen LogP contribution < -0.4 is 15.5 Å². The summed E-state index contributed by atoms with van der Waals surface area (Å²) in [5, 5.41) is 7.93. The zero-order valence-corrected chi connectivity index (χ0v) is 20.0. The van der Waals surface area contributed by atoms with Gasteiger partial charge in [0.05, 0.1) is 5.56 Å². The van der Waals surface area contributed by atoms with E-state index < -0.39 is 0 Å². The fourth-order valence-corrected chi connectivity index (χ4v) is 4.73. The van der Waals surface area contributed by atoms with E-state index in [0.717, 1.165) is 36.0 Å². The second-order valence-corrected chi connectivity index (χ2v) is 9.28. The Labute approximate surface area is 205 Å². The highest BCUT2D eigenvalue weighted by atomic mass is 16.2. The molecule has 5 nitrogen and oxygen atoms in total. The lowest BCUT2D eigenvalue weighted by Crippen LogP contribution is -2.35. The van der Waals surface area contributed by atoms with Crippen molar-refractivity contribution in [2.45, 2.75) is 32.9 Å². The standard InChI is InChI=1S/C30H29N3O2/c1-20(2)31-30(35)27-18-24(32-29(34)26-13-7-11-22-9-5-6-12-25(22)26)14-15-28(27)33-17-16-21-8-3-4-10-23(21)19-33/h3-15,18,20H,16-17,19H2,1-2H3,(H,31,35)(H,32,34). The minimum absolute atomic E-state index is 0.00589. The van der Waals surface area contributed by atoms with E-state index in [1.807, 2.05) is 68.4 Å². The summed E-state index contributed by atoms with van der Waals surface area (Å²) < 4.78 is 0. The van der Waals surface area contributed by atoms with Gasteiger partial charge < -0.3 is 15.5 Å². The van der Waals surface area contributed by atoms with Crippen molar-refractivity contribution >= 4 is 34.0 Å². The van der Waals surface area contributed by atoms with Crippen molar-refractivity contribution in [1.82, 2.24) is 5.32 Å². The molecule has 1 aliphatic heterocycles. The van der Waals surface area contributed by atoms with E-state index in [1.54, 1.807) is 6.07 Å². The van der Waals surface area contributed by atoms with Crippen molar-refractivity contribution < 1.29 is 9.59 Å². The summed E-state index contributed by atoms with van der Waals surface area (Å²) in [4.78, 5) is 28.6. The van der Waals surface area contributed by atoms with Crippen LogP contribution in [0.3, 0.4) is 0 Å². The fraction of sp³-hybridized carbons (Fsp3) is 0.200. The third-order valence-electron chi connectivity index (χ3n) is 6.42. The van der Waals surface area contributed by atoms with Gasteiger partial charge in [0.2, 0.25) is 0 Å². The predicted molar refractivity (Wildman–Crippen MR) is 142 cm³/mol. The first-order valence-electron chi connectivity index (χ1n) is 12.1. The topological polar surface area (TPSA) is 61.4 Å². The van der Waals surface area contributed by atoms with Gasteiger partial charge in [-0.2, -0.15) is 0 Å². The van der Waals surface area contributed by atoms with E-state index >= 15 is 0 Å².